The van der Waals surface area contributed by atoms with Crippen molar-refractivity contribution < 1.29 is 23.2 Å². The van der Waals surface area contributed by atoms with Crippen molar-refractivity contribution in [2.75, 3.05) is 4.90 Å². The smallest absolute Gasteiger partial charge is 0.276 e. The second-order valence-electron chi connectivity index (χ2n) is 4.58. The van der Waals surface area contributed by atoms with Gasteiger partial charge in [-0.25, -0.2) is 18.5 Å². The molecule has 1 aliphatic carbocycles. The number of amides is 4. The zero-order valence-corrected chi connectivity index (χ0v) is 9.57. The van der Waals surface area contributed by atoms with Gasteiger partial charge in [0.15, 0.2) is 11.6 Å². The average molecular weight is 266 g/mol. The molecule has 7 heteroatoms. The predicted octanol–water partition coefficient (Wildman–Crippen LogP) is 1.33. The topological polar surface area (TPSA) is 66.5 Å². The molecule has 4 amide bonds. The first-order valence-electron chi connectivity index (χ1n) is 5.61. The van der Waals surface area contributed by atoms with Crippen LogP contribution in [0, 0.1) is 17.0 Å². The maximum Gasteiger partial charge on any atom is 0.335 e. The number of carbonyl (C=O) groups excluding carboxylic acids is 3. The Balaban J connectivity index is 2.03. The zero-order chi connectivity index (χ0) is 13.8. The summed E-state index contributed by atoms with van der Waals surface area (Å²) in [7, 11) is 0. The van der Waals surface area contributed by atoms with Gasteiger partial charge in [0, 0.05) is 6.07 Å². The Morgan fingerprint density at radius 1 is 1.11 bits per heavy atom. The van der Waals surface area contributed by atoms with Crippen LogP contribution in [0.25, 0.3) is 0 Å². The largest absolute Gasteiger partial charge is 0.335 e. The van der Waals surface area contributed by atoms with E-state index in [1.54, 1.807) is 0 Å². The van der Waals surface area contributed by atoms with E-state index in [1.807, 2.05) is 0 Å². The Morgan fingerprint density at radius 2 is 1.79 bits per heavy atom. The normalized spacial score (nSPS) is 20.7. The summed E-state index contributed by atoms with van der Waals surface area (Å²) < 4.78 is 26.0. The lowest BCUT2D eigenvalue weighted by molar-refractivity contribution is -0.136. The highest BCUT2D eigenvalue weighted by atomic mass is 19.2. The molecule has 1 aromatic carbocycles. The van der Waals surface area contributed by atoms with Gasteiger partial charge in [-0.1, -0.05) is 0 Å². The van der Waals surface area contributed by atoms with Crippen LogP contribution in [0.5, 0.6) is 0 Å². The molecule has 0 unspecified atom stereocenters. The minimum atomic E-state index is -1.21. The number of hydrogen-bond acceptors (Lipinski definition) is 3. The van der Waals surface area contributed by atoms with Gasteiger partial charge in [0.2, 0.25) is 5.91 Å². The quantitative estimate of drug-likeness (QED) is 0.780. The van der Waals surface area contributed by atoms with Gasteiger partial charge in [0.25, 0.3) is 5.91 Å². The number of rotatable bonds is 1. The molecular formula is C12H8F2N2O3. The zero-order valence-electron chi connectivity index (χ0n) is 9.57. The molecule has 1 aromatic rings. The SMILES string of the molecule is O=C1NC(=O)C2(CC2)C(=O)N1c1ccc(F)c(F)c1. The highest BCUT2D eigenvalue weighted by molar-refractivity contribution is 6.31. The van der Waals surface area contributed by atoms with Crippen LogP contribution in [0.1, 0.15) is 12.8 Å². The van der Waals surface area contributed by atoms with Crippen molar-refractivity contribution in [3.05, 3.63) is 29.8 Å². The van der Waals surface area contributed by atoms with Crippen molar-refractivity contribution in [1.29, 1.82) is 0 Å². The maximum atomic E-state index is 13.2. The molecule has 3 rings (SSSR count). The van der Waals surface area contributed by atoms with Crippen LogP contribution in [0.3, 0.4) is 0 Å². The van der Waals surface area contributed by atoms with E-state index in [1.165, 1.54) is 0 Å². The van der Waals surface area contributed by atoms with Crippen LogP contribution in [-0.4, -0.2) is 17.8 Å². The molecule has 1 N–H and O–H groups in total. The fourth-order valence-electron chi connectivity index (χ4n) is 2.10. The number of halogens is 2. The van der Waals surface area contributed by atoms with Crippen LogP contribution < -0.4 is 10.2 Å². The van der Waals surface area contributed by atoms with Gasteiger partial charge in [0.05, 0.1) is 5.69 Å². The summed E-state index contributed by atoms with van der Waals surface area (Å²) in [4.78, 5) is 36.1. The fourth-order valence-corrected chi connectivity index (χ4v) is 2.10. The van der Waals surface area contributed by atoms with Gasteiger partial charge >= 0.3 is 6.03 Å². The highest BCUT2D eigenvalue weighted by Crippen LogP contribution is 2.49. The fraction of sp³-hybridized carbons (Fsp3) is 0.250. The average Bonchev–Trinajstić information content (AvgIpc) is 3.13. The molecule has 1 saturated carbocycles. The summed E-state index contributed by atoms with van der Waals surface area (Å²) in [6.07, 6.45) is 0.705. The molecule has 1 spiro atoms. The molecule has 98 valence electrons. The third-order valence-electron chi connectivity index (χ3n) is 3.38. The molecule has 19 heavy (non-hydrogen) atoms. The summed E-state index contributed by atoms with van der Waals surface area (Å²) in [5.74, 6) is -3.56. The first kappa shape index (κ1) is 11.8. The number of nitrogens with zero attached hydrogens (tertiary/aromatic N) is 1. The molecule has 2 aliphatic rings. The number of imide groups is 2. The number of urea groups is 1. The summed E-state index contributed by atoms with van der Waals surface area (Å²) in [5.41, 5.74) is -1.31. The van der Waals surface area contributed by atoms with E-state index < -0.39 is 34.9 Å². The number of hydrogen-bond donors (Lipinski definition) is 1. The molecule has 1 heterocycles. The highest BCUT2D eigenvalue weighted by Gasteiger charge is 2.62. The van der Waals surface area contributed by atoms with Crippen LogP contribution in [0.4, 0.5) is 19.3 Å². The summed E-state index contributed by atoms with van der Waals surface area (Å²) in [6.45, 7) is 0. The van der Waals surface area contributed by atoms with Gasteiger partial charge in [-0.3, -0.25) is 14.9 Å². The Bertz CT molecular complexity index is 625. The van der Waals surface area contributed by atoms with Crippen molar-refractivity contribution in [3.63, 3.8) is 0 Å². The second-order valence-corrected chi connectivity index (χ2v) is 4.58. The van der Waals surface area contributed by atoms with Crippen molar-refractivity contribution in [3.8, 4) is 0 Å². The van der Waals surface area contributed by atoms with Crippen LogP contribution in [0.15, 0.2) is 18.2 Å². The van der Waals surface area contributed by atoms with Crippen molar-refractivity contribution in [2.24, 2.45) is 5.41 Å². The summed E-state index contributed by atoms with van der Waals surface area (Å²) in [5, 5.41) is 2.06. The standard InChI is InChI=1S/C12H8F2N2O3/c13-7-2-1-6(5-8(7)14)16-10(18)12(3-4-12)9(17)15-11(16)19/h1-2,5H,3-4H2,(H,15,17,19). The Morgan fingerprint density at radius 3 is 2.37 bits per heavy atom. The summed E-state index contributed by atoms with van der Waals surface area (Å²) >= 11 is 0. The number of anilines is 1. The lowest BCUT2D eigenvalue weighted by Gasteiger charge is -2.30. The van der Waals surface area contributed by atoms with E-state index >= 15 is 0 Å². The van der Waals surface area contributed by atoms with E-state index in [2.05, 4.69) is 5.32 Å². The minimum absolute atomic E-state index is 0.0971. The number of benzene rings is 1. The van der Waals surface area contributed by atoms with Gasteiger partial charge in [-0.2, -0.15) is 0 Å². The maximum absolute atomic E-state index is 13.2. The lowest BCUT2D eigenvalue weighted by atomic mass is 10.0. The van der Waals surface area contributed by atoms with Gasteiger partial charge in [-0.05, 0) is 25.0 Å². The lowest BCUT2D eigenvalue weighted by Crippen LogP contribution is -2.59. The molecular weight excluding hydrogens is 258 g/mol. The monoisotopic (exact) mass is 266 g/mol. The van der Waals surface area contributed by atoms with Gasteiger partial charge in [0.1, 0.15) is 5.41 Å². The van der Waals surface area contributed by atoms with E-state index in [0.717, 1.165) is 18.2 Å². The Labute approximate surface area is 106 Å². The van der Waals surface area contributed by atoms with Crippen LogP contribution >= 0.6 is 0 Å². The first-order chi connectivity index (χ1) is 8.95. The molecule has 0 atom stereocenters. The number of carbonyl (C=O) groups is 3. The molecule has 1 saturated heterocycles. The van der Waals surface area contributed by atoms with Crippen molar-refractivity contribution in [1.82, 2.24) is 5.32 Å². The van der Waals surface area contributed by atoms with E-state index in [4.69, 9.17) is 0 Å². The molecule has 1 aliphatic heterocycles. The molecule has 0 bridgehead atoms. The molecule has 5 nitrogen and oxygen atoms in total. The van der Waals surface area contributed by atoms with Crippen LogP contribution in [0.2, 0.25) is 0 Å². The van der Waals surface area contributed by atoms with Crippen molar-refractivity contribution >= 4 is 23.5 Å². The third kappa shape index (κ3) is 1.54. The molecule has 2 fully saturated rings. The Hall–Kier alpha value is -2.31. The van der Waals surface area contributed by atoms with E-state index in [9.17, 15) is 23.2 Å². The van der Waals surface area contributed by atoms with E-state index in [-0.39, 0.29) is 5.69 Å². The second kappa shape index (κ2) is 3.59. The van der Waals surface area contributed by atoms with Gasteiger partial charge < -0.3 is 0 Å². The number of barbiturate groups is 1. The summed E-state index contributed by atoms with van der Waals surface area (Å²) in [6, 6.07) is 1.74. The van der Waals surface area contributed by atoms with Gasteiger partial charge in [-0.15, -0.1) is 0 Å². The predicted molar refractivity (Wildman–Crippen MR) is 59.0 cm³/mol. The number of nitrogens with one attached hydrogen (secondary N) is 1. The Kier molecular flexibility index (Phi) is 2.23. The van der Waals surface area contributed by atoms with E-state index in [0.29, 0.717) is 17.7 Å². The minimum Gasteiger partial charge on any atom is -0.276 e. The van der Waals surface area contributed by atoms with Crippen LogP contribution in [-0.2, 0) is 9.59 Å². The third-order valence-corrected chi connectivity index (χ3v) is 3.38. The van der Waals surface area contributed by atoms with Crippen molar-refractivity contribution in [2.45, 2.75) is 12.8 Å². The molecule has 0 aromatic heterocycles. The first-order valence-corrected chi connectivity index (χ1v) is 5.61. The molecule has 0 radical (unpaired) electrons.